The van der Waals surface area contributed by atoms with E-state index in [-0.39, 0.29) is 0 Å². The number of hydrogen-bond donors (Lipinski definition) is 2. The Kier molecular flexibility index (Phi) is 7.82. The molecule has 0 radical (unpaired) electrons. The van der Waals surface area contributed by atoms with E-state index in [1.165, 1.54) is 0 Å². The van der Waals surface area contributed by atoms with Crippen molar-refractivity contribution in [2.45, 2.75) is 23.7 Å². The van der Waals surface area contributed by atoms with E-state index < -0.39 is 0 Å². The molecule has 8 heteroatoms. The average Bonchev–Trinajstić information content (AvgIpc) is 3.22. The maximum Gasteiger partial charge on any atom is 0.190 e. The number of aryl methyl sites for hydroxylation is 1. The van der Waals surface area contributed by atoms with E-state index in [2.05, 4.69) is 25.7 Å². The standard InChI is InChI=1S/C14H22N6S2/c1-15-13(16-5-2-9-20-10-3-7-19-20)17-6-4-11-21-14-18-8-12-22-14/h3,7-8,10,12H,2,4-6,9,11H2,1H3,(H2,15,16,17). The van der Waals surface area contributed by atoms with Crippen molar-refractivity contribution in [2.24, 2.45) is 4.99 Å². The van der Waals surface area contributed by atoms with E-state index in [0.29, 0.717) is 0 Å². The van der Waals surface area contributed by atoms with Crippen molar-refractivity contribution in [1.82, 2.24) is 25.4 Å². The van der Waals surface area contributed by atoms with E-state index in [1.54, 1.807) is 36.3 Å². The Morgan fingerprint density at radius 3 is 2.86 bits per heavy atom. The van der Waals surface area contributed by atoms with Crippen LogP contribution in [-0.4, -0.2) is 46.6 Å². The lowest BCUT2D eigenvalue weighted by Gasteiger charge is -2.11. The van der Waals surface area contributed by atoms with Gasteiger partial charge in [-0.2, -0.15) is 5.10 Å². The first-order chi connectivity index (χ1) is 10.9. The molecule has 6 nitrogen and oxygen atoms in total. The molecular formula is C14H22N6S2. The van der Waals surface area contributed by atoms with Crippen LogP contribution in [0.25, 0.3) is 0 Å². The molecule has 0 spiro atoms. The minimum atomic E-state index is 0.861. The number of thiazole rings is 1. The Morgan fingerprint density at radius 1 is 1.32 bits per heavy atom. The third-order valence-corrected chi connectivity index (χ3v) is 4.94. The van der Waals surface area contributed by atoms with Crippen LogP contribution >= 0.6 is 23.1 Å². The predicted molar refractivity (Wildman–Crippen MR) is 93.7 cm³/mol. The first kappa shape index (κ1) is 16.8. The van der Waals surface area contributed by atoms with Gasteiger partial charge in [0.05, 0.1) is 0 Å². The van der Waals surface area contributed by atoms with Crippen molar-refractivity contribution in [2.75, 3.05) is 25.9 Å². The second kappa shape index (κ2) is 10.2. The van der Waals surface area contributed by atoms with Gasteiger partial charge >= 0.3 is 0 Å². The molecule has 120 valence electrons. The van der Waals surface area contributed by atoms with E-state index in [9.17, 15) is 0 Å². The Balaban J connectivity index is 1.49. The van der Waals surface area contributed by atoms with Crippen molar-refractivity contribution in [1.29, 1.82) is 0 Å². The molecule has 0 aliphatic heterocycles. The van der Waals surface area contributed by atoms with Crippen LogP contribution in [-0.2, 0) is 6.54 Å². The van der Waals surface area contributed by atoms with Crippen molar-refractivity contribution < 1.29 is 0 Å². The summed E-state index contributed by atoms with van der Waals surface area (Å²) < 4.78 is 3.08. The summed E-state index contributed by atoms with van der Waals surface area (Å²) in [6.07, 6.45) is 7.73. The molecule has 0 aromatic carbocycles. The maximum atomic E-state index is 4.25. The van der Waals surface area contributed by atoms with Crippen LogP contribution in [0.1, 0.15) is 12.8 Å². The predicted octanol–water partition coefficient (Wildman–Crippen LogP) is 2.08. The Morgan fingerprint density at radius 2 is 2.18 bits per heavy atom. The molecule has 2 aromatic heterocycles. The van der Waals surface area contributed by atoms with Crippen LogP contribution in [0.5, 0.6) is 0 Å². The number of aromatic nitrogens is 3. The number of rotatable bonds is 9. The molecule has 22 heavy (non-hydrogen) atoms. The third-order valence-electron chi connectivity index (χ3n) is 2.89. The van der Waals surface area contributed by atoms with Gasteiger partial charge in [-0.3, -0.25) is 9.67 Å². The number of nitrogens with one attached hydrogen (secondary N) is 2. The van der Waals surface area contributed by atoms with Gasteiger partial charge in [0.15, 0.2) is 5.96 Å². The highest BCUT2D eigenvalue weighted by Crippen LogP contribution is 2.20. The van der Waals surface area contributed by atoms with Gasteiger partial charge in [0.2, 0.25) is 0 Å². The van der Waals surface area contributed by atoms with Crippen molar-refractivity contribution >= 4 is 29.1 Å². The highest BCUT2D eigenvalue weighted by Gasteiger charge is 1.99. The quantitative estimate of drug-likeness (QED) is 0.317. The summed E-state index contributed by atoms with van der Waals surface area (Å²) in [6.45, 7) is 2.71. The third kappa shape index (κ3) is 6.48. The second-order valence-corrected chi connectivity index (χ2v) is 6.79. The number of thioether (sulfide) groups is 1. The molecular weight excluding hydrogens is 316 g/mol. The molecule has 0 atom stereocenters. The largest absolute Gasteiger partial charge is 0.356 e. The molecule has 2 N–H and O–H groups in total. The van der Waals surface area contributed by atoms with E-state index in [4.69, 9.17) is 0 Å². The SMILES string of the molecule is CN=C(NCCCSc1nccs1)NCCCn1cccn1. The fraction of sp³-hybridized carbons (Fsp3) is 0.500. The van der Waals surface area contributed by atoms with E-state index in [1.807, 2.05) is 28.5 Å². The number of hydrogen-bond acceptors (Lipinski definition) is 5. The van der Waals surface area contributed by atoms with Gasteiger partial charge < -0.3 is 10.6 Å². The zero-order valence-electron chi connectivity index (χ0n) is 12.7. The first-order valence-electron chi connectivity index (χ1n) is 7.32. The van der Waals surface area contributed by atoms with Gasteiger partial charge in [0.1, 0.15) is 4.34 Å². The molecule has 2 heterocycles. The highest BCUT2D eigenvalue weighted by molar-refractivity contribution is 8.00. The molecule has 0 aliphatic rings. The lowest BCUT2D eigenvalue weighted by molar-refractivity contribution is 0.570. The Bertz CT molecular complexity index is 524. The normalized spacial score (nSPS) is 11.6. The molecule has 0 saturated carbocycles. The molecule has 0 bridgehead atoms. The number of aliphatic imine (C=N–C) groups is 1. The molecule has 0 amide bonds. The van der Waals surface area contributed by atoms with Gasteiger partial charge in [-0.1, -0.05) is 11.8 Å². The zero-order chi connectivity index (χ0) is 15.5. The Labute approximate surface area is 139 Å². The van der Waals surface area contributed by atoms with Gasteiger partial charge in [0.25, 0.3) is 0 Å². The minimum absolute atomic E-state index is 0.861. The smallest absolute Gasteiger partial charge is 0.190 e. The topological polar surface area (TPSA) is 67.1 Å². The van der Waals surface area contributed by atoms with Crippen LogP contribution in [0.15, 0.2) is 39.4 Å². The van der Waals surface area contributed by atoms with Gasteiger partial charge in [-0.15, -0.1) is 11.3 Å². The monoisotopic (exact) mass is 338 g/mol. The van der Waals surface area contributed by atoms with Crippen LogP contribution in [0.3, 0.4) is 0 Å². The maximum absolute atomic E-state index is 4.25. The van der Waals surface area contributed by atoms with Gasteiger partial charge in [0, 0.05) is 56.4 Å². The fourth-order valence-electron chi connectivity index (χ4n) is 1.82. The summed E-state index contributed by atoms with van der Waals surface area (Å²) in [5, 5.41) is 12.8. The minimum Gasteiger partial charge on any atom is -0.356 e. The summed E-state index contributed by atoms with van der Waals surface area (Å²) in [4.78, 5) is 8.48. The fourth-order valence-corrected chi connectivity index (χ4v) is 3.47. The summed E-state index contributed by atoms with van der Waals surface area (Å²) in [5.41, 5.74) is 0. The van der Waals surface area contributed by atoms with E-state index in [0.717, 1.165) is 48.5 Å². The molecule has 0 fully saturated rings. The van der Waals surface area contributed by atoms with Crippen LogP contribution in [0.4, 0.5) is 0 Å². The van der Waals surface area contributed by atoms with Crippen molar-refractivity contribution in [3.05, 3.63) is 30.0 Å². The number of nitrogens with zero attached hydrogens (tertiary/aromatic N) is 4. The summed E-state index contributed by atoms with van der Waals surface area (Å²) in [7, 11) is 1.80. The molecule has 0 aliphatic carbocycles. The average molecular weight is 339 g/mol. The highest BCUT2D eigenvalue weighted by atomic mass is 32.2. The number of guanidine groups is 1. The molecule has 0 unspecified atom stereocenters. The van der Waals surface area contributed by atoms with Crippen molar-refractivity contribution in [3.8, 4) is 0 Å². The van der Waals surface area contributed by atoms with E-state index >= 15 is 0 Å². The van der Waals surface area contributed by atoms with Gasteiger partial charge in [-0.25, -0.2) is 4.98 Å². The van der Waals surface area contributed by atoms with Crippen molar-refractivity contribution in [3.63, 3.8) is 0 Å². The van der Waals surface area contributed by atoms with Crippen LogP contribution < -0.4 is 10.6 Å². The molecule has 0 saturated heterocycles. The van der Waals surface area contributed by atoms with Crippen LogP contribution in [0, 0.1) is 0 Å². The molecule has 2 rings (SSSR count). The molecule has 2 aromatic rings. The zero-order valence-corrected chi connectivity index (χ0v) is 14.4. The van der Waals surface area contributed by atoms with Crippen LogP contribution in [0.2, 0.25) is 0 Å². The summed E-state index contributed by atoms with van der Waals surface area (Å²) >= 11 is 3.50. The van der Waals surface area contributed by atoms with Gasteiger partial charge in [-0.05, 0) is 18.9 Å². The first-order valence-corrected chi connectivity index (χ1v) is 9.19. The lowest BCUT2D eigenvalue weighted by Crippen LogP contribution is -2.38. The second-order valence-electron chi connectivity index (χ2n) is 4.55. The summed E-state index contributed by atoms with van der Waals surface area (Å²) in [6, 6.07) is 1.94. The lowest BCUT2D eigenvalue weighted by atomic mass is 10.4. The summed E-state index contributed by atoms with van der Waals surface area (Å²) in [5.74, 6) is 1.93. The Hall–Kier alpha value is -1.54.